The molecule has 108 valence electrons. The molecule has 2 N–H and O–H groups in total. The summed E-state index contributed by atoms with van der Waals surface area (Å²) in [5, 5.41) is 0.595. The van der Waals surface area contributed by atoms with Crippen LogP contribution in [0.5, 0.6) is 0 Å². The second-order valence-corrected chi connectivity index (χ2v) is 5.71. The number of anilines is 1. The number of nitrogens with two attached hydrogens (primary N) is 1. The number of carbonyl (C=O) groups excluding carboxylic acids is 1. The van der Waals surface area contributed by atoms with E-state index in [9.17, 15) is 4.79 Å². The van der Waals surface area contributed by atoms with Gasteiger partial charge >= 0.3 is 5.97 Å². The predicted octanol–water partition coefficient (Wildman–Crippen LogP) is 2.36. The maximum Gasteiger partial charge on any atom is 0.310 e. The van der Waals surface area contributed by atoms with E-state index < -0.39 is 0 Å². The molecule has 1 aromatic carbocycles. The fraction of sp³-hybridized carbons (Fsp3) is 0.429. The van der Waals surface area contributed by atoms with E-state index in [4.69, 9.17) is 34.3 Å². The van der Waals surface area contributed by atoms with Crippen LogP contribution in [0.2, 0.25) is 5.02 Å². The zero-order valence-corrected chi connectivity index (χ0v) is 12.8. The van der Waals surface area contributed by atoms with E-state index >= 15 is 0 Å². The third-order valence-electron chi connectivity index (χ3n) is 3.52. The van der Waals surface area contributed by atoms with E-state index in [2.05, 4.69) is 4.90 Å². The summed E-state index contributed by atoms with van der Waals surface area (Å²) in [6.45, 7) is 1.48. The van der Waals surface area contributed by atoms with Crippen LogP contribution in [0.3, 0.4) is 0 Å². The van der Waals surface area contributed by atoms with Gasteiger partial charge in [0.25, 0.3) is 0 Å². The maximum absolute atomic E-state index is 11.7. The number of thiocarbonyl (C=S) groups is 1. The normalized spacial score (nSPS) is 18.7. The molecule has 2 rings (SSSR count). The topological polar surface area (TPSA) is 55.6 Å². The van der Waals surface area contributed by atoms with Crippen LogP contribution in [0.15, 0.2) is 18.2 Å². The number of piperidine rings is 1. The van der Waals surface area contributed by atoms with Gasteiger partial charge in [0.05, 0.1) is 13.0 Å². The largest absolute Gasteiger partial charge is 0.469 e. The quantitative estimate of drug-likeness (QED) is 0.686. The van der Waals surface area contributed by atoms with Crippen molar-refractivity contribution < 1.29 is 9.53 Å². The van der Waals surface area contributed by atoms with Crippen LogP contribution in [0.1, 0.15) is 18.4 Å². The Hall–Kier alpha value is -1.33. The van der Waals surface area contributed by atoms with Crippen LogP contribution < -0.4 is 10.6 Å². The minimum Gasteiger partial charge on any atom is -0.469 e. The third-order valence-corrected chi connectivity index (χ3v) is 3.98. The van der Waals surface area contributed by atoms with Crippen LogP contribution >= 0.6 is 23.8 Å². The number of methoxy groups -OCH3 is 1. The standard InChI is InChI=1S/C14H17ClN2O2S/c1-19-14(18)9-3-2-6-17(8-9)12-5-4-10(15)7-11(12)13(16)20/h4-5,7,9H,2-3,6,8H2,1H3,(H2,16,20). The number of benzene rings is 1. The number of carbonyl (C=O) groups is 1. The highest BCUT2D eigenvalue weighted by molar-refractivity contribution is 7.80. The molecule has 1 aromatic rings. The number of hydrogen-bond donors (Lipinski definition) is 1. The Morgan fingerprint density at radius 3 is 2.95 bits per heavy atom. The van der Waals surface area contributed by atoms with Gasteiger partial charge in [0.1, 0.15) is 4.99 Å². The van der Waals surface area contributed by atoms with Gasteiger partial charge in [-0.3, -0.25) is 4.79 Å². The first-order valence-electron chi connectivity index (χ1n) is 6.45. The van der Waals surface area contributed by atoms with Crippen LogP contribution in [-0.2, 0) is 9.53 Å². The Kier molecular flexibility index (Phi) is 4.83. The minimum absolute atomic E-state index is 0.108. The first-order chi connectivity index (χ1) is 9.52. The summed E-state index contributed by atoms with van der Waals surface area (Å²) >= 11 is 11.1. The lowest BCUT2D eigenvalue weighted by Crippen LogP contribution is -2.40. The number of hydrogen-bond acceptors (Lipinski definition) is 4. The number of rotatable bonds is 3. The van der Waals surface area contributed by atoms with Crippen molar-refractivity contribution in [3.05, 3.63) is 28.8 Å². The molecule has 20 heavy (non-hydrogen) atoms. The lowest BCUT2D eigenvalue weighted by molar-refractivity contribution is -0.145. The Balaban J connectivity index is 2.27. The second kappa shape index (κ2) is 6.41. The van der Waals surface area contributed by atoms with Gasteiger partial charge in [0, 0.05) is 29.4 Å². The van der Waals surface area contributed by atoms with Gasteiger partial charge in [0.15, 0.2) is 0 Å². The monoisotopic (exact) mass is 312 g/mol. The van der Waals surface area contributed by atoms with Crippen LogP contribution in [0, 0.1) is 5.92 Å². The second-order valence-electron chi connectivity index (χ2n) is 4.83. The van der Waals surface area contributed by atoms with Crippen molar-refractivity contribution in [2.75, 3.05) is 25.1 Å². The van der Waals surface area contributed by atoms with Gasteiger partial charge in [-0.25, -0.2) is 0 Å². The number of halogens is 1. The fourth-order valence-electron chi connectivity index (χ4n) is 2.54. The lowest BCUT2D eigenvalue weighted by Gasteiger charge is -2.34. The van der Waals surface area contributed by atoms with Crippen molar-refractivity contribution in [1.82, 2.24) is 0 Å². The van der Waals surface area contributed by atoms with Gasteiger partial charge in [-0.05, 0) is 31.0 Å². The van der Waals surface area contributed by atoms with E-state index in [-0.39, 0.29) is 11.9 Å². The molecule has 1 unspecified atom stereocenters. The average Bonchev–Trinajstić information content (AvgIpc) is 2.46. The van der Waals surface area contributed by atoms with Crippen LogP contribution in [0.25, 0.3) is 0 Å². The van der Waals surface area contributed by atoms with Gasteiger partial charge in [0.2, 0.25) is 0 Å². The highest BCUT2D eigenvalue weighted by atomic mass is 35.5. The summed E-state index contributed by atoms with van der Waals surface area (Å²) in [5.74, 6) is -0.274. The molecular formula is C14H17ClN2O2S. The molecule has 0 spiro atoms. The van der Waals surface area contributed by atoms with Gasteiger partial charge in [-0.15, -0.1) is 0 Å². The molecule has 4 nitrogen and oxygen atoms in total. The smallest absolute Gasteiger partial charge is 0.310 e. The van der Waals surface area contributed by atoms with Gasteiger partial charge in [-0.2, -0.15) is 0 Å². The Labute approximate surface area is 128 Å². The molecule has 1 aliphatic rings. The number of nitrogens with zero attached hydrogens (tertiary/aromatic N) is 1. The van der Waals surface area contributed by atoms with Crippen molar-refractivity contribution in [1.29, 1.82) is 0 Å². The van der Waals surface area contributed by atoms with Crippen molar-refractivity contribution in [2.24, 2.45) is 11.7 Å². The lowest BCUT2D eigenvalue weighted by atomic mass is 9.97. The molecule has 0 saturated carbocycles. The zero-order valence-electron chi connectivity index (χ0n) is 11.3. The van der Waals surface area contributed by atoms with Crippen molar-refractivity contribution in [3.63, 3.8) is 0 Å². The summed E-state index contributed by atoms with van der Waals surface area (Å²) in [6, 6.07) is 5.47. The highest BCUT2D eigenvalue weighted by Crippen LogP contribution is 2.29. The molecule has 1 atom stereocenters. The van der Waals surface area contributed by atoms with Gasteiger partial charge < -0.3 is 15.4 Å². The Morgan fingerprint density at radius 1 is 1.55 bits per heavy atom. The van der Waals surface area contributed by atoms with Gasteiger partial charge in [-0.1, -0.05) is 23.8 Å². The molecule has 0 bridgehead atoms. The number of ether oxygens (including phenoxy) is 1. The summed E-state index contributed by atoms with van der Waals surface area (Å²) < 4.78 is 4.83. The van der Waals surface area contributed by atoms with Crippen molar-refractivity contribution in [3.8, 4) is 0 Å². The molecular weight excluding hydrogens is 296 g/mol. The molecule has 0 radical (unpaired) electrons. The molecule has 1 saturated heterocycles. The Morgan fingerprint density at radius 2 is 2.30 bits per heavy atom. The van der Waals surface area contributed by atoms with Crippen molar-refractivity contribution >= 4 is 40.5 Å². The molecule has 0 amide bonds. The van der Waals surface area contributed by atoms with E-state index in [1.54, 1.807) is 12.1 Å². The maximum atomic E-state index is 11.7. The Bertz CT molecular complexity index is 536. The average molecular weight is 313 g/mol. The molecule has 0 aliphatic carbocycles. The van der Waals surface area contributed by atoms with E-state index in [0.717, 1.165) is 30.6 Å². The third kappa shape index (κ3) is 3.22. The van der Waals surface area contributed by atoms with Crippen molar-refractivity contribution in [2.45, 2.75) is 12.8 Å². The molecule has 1 aliphatic heterocycles. The van der Waals surface area contributed by atoms with Crippen LogP contribution in [-0.4, -0.2) is 31.2 Å². The highest BCUT2D eigenvalue weighted by Gasteiger charge is 2.27. The predicted molar refractivity (Wildman–Crippen MR) is 84.3 cm³/mol. The summed E-state index contributed by atoms with van der Waals surface area (Å²) in [5.41, 5.74) is 7.44. The number of esters is 1. The summed E-state index contributed by atoms with van der Waals surface area (Å²) in [6.07, 6.45) is 1.78. The molecule has 1 heterocycles. The summed E-state index contributed by atoms with van der Waals surface area (Å²) in [4.78, 5) is 14.1. The molecule has 0 aromatic heterocycles. The molecule has 6 heteroatoms. The SMILES string of the molecule is COC(=O)C1CCCN(c2ccc(Cl)cc2C(N)=S)C1. The summed E-state index contributed by atoms with van der Waals surface area (Å²) in [7, 11) is 1.42. The van der Waals surface area contributed by atoms with E-state index in [0.29, 0.717) is 16.6 Å². The minimum atomic E-state index is -0.166. The fourth-order valence-corrected chi connectivity index (χ4v) is 2.87. The van der Waals surface area contributed by atoms with E-state index in [1.165, 1.54) is 7.11 Å². The first kappa shape index (κ1) is 15.1. The zero-order chi connectivity index (χ0) is 14.7. The van der Waals surface area contributed by atoms with Crippen LogP contribution in [0.4, 0.5) is 5.69 Å². The molecule has 1 fully saturated rings. The van der Waals surface area contributed by atoms with E-state index in [1.807, 2.05) is 6.07 Å². The first-order valence-corrected chi connectivity index (χ1v) is 7.23.